The minimum absolute atomic E-state index is 0.00587. The number of aliphatic hydroxyl groups is 1. The lowest BCUT2D eigenvalue weighted by Crippen LogP contribution is -2.35. The number of fused-ring (bicyclic) bond motifs is 1. The number of aryl methyl sites for hydroxylation is 1. The Balaban J connectivity index is 1.83. The van der Waals surface area contributed by atoms with Crippen LogP contribution in [0.5, 0.6) is 0 Å². The summed E-state index contributed by atoms with van der Waals surface area (Å²) >= 11 is 0. The zero-order valence-corrected chi connectivity index (χ0v) is 12.6. The molecule has 0 saturated heterocycles. The van der Waals surface area contributed by atoms with Crippen molar-refractivity contribution in [3.8, 4) is 0 Å². The van der Waals surface area contributed by atoms with Crippen molar-refractivity contribution < 1.29 is 5.11 Å². The first-order valence-electron chi connectivity index (χ1n) is 7.81. The molecule has 2 N–H and O–H groups in total. The van der Waals surface area contributed by atoms with Gasteiger partial charge >= 0.3 is 0 Å². The molecular weight excluding hydrogens is 262 g/mol. The molecule has 21 heavy (non-hydrogen) atoms. The first-order valence-corrected chi connectivity index (χ1v) is 7.81. The van der Waals surface area contributed by atoms with E-state index in [0.717, 1.165) is 41.7 Å². The van der Waals surface area contributed by atoms with Crippen LogP contribution in [0.2, 0.25) is 0 Å². The van der Waals surface area contributed by atoms with E-state index in [0.29, 0.717) is 0 Å². The van der Waals surface area contributed by atoms with Crippen molar-refractivity contribution >= 4 is 16.6 Å². The van der Waals surface area contributed by atoms with Crippen LogP contribution in [-0.2, 0) is 0 Å². The number of hydrogen-bond donors (Lipinski definition) is 2. The van der Waals surface area contributed by atoms with E-state index in [1.807, 2.05) is 19.1 Å². The number of anilines is 1. The predicted molar refractivity (Wildman–Crippen MR) is 85.4 cm³/mol. The normalized spacial score (nSPS) is 17.8. The zero-order chi connectivity index (χ0) is 14.7. The summed E-state index contributed by atoms with van der Waals surface area (Å²) in [5, 5.41) is 24.0. The Bertz CT molecular complexity index is 620. The molecule has 0 amide bonds. The van der Waals surface area contributed by atoms with Gasteiger partial charge in [0.2, 0.25) is 0 Å². The minimum Gasteiger partial charge on any atom is -0.396 e. The number of rotatable bonds is 4. The maximum atomic E-state index is 9.80. The Morgan fingerprint density at radius 2 is 1.81 bits per heavy atom. The molecule has 1 aliphatic carbocycles. The van der Waals surface area contributed by atoms with Crippen molar-refractivity contribution in [3.05, 3.63) is 30.0 Å². The van der Waals surface area contributed by atoms with E-state index in [2.05, 4.69) is 27.6 Å². The molecule has 4 nitrogen and oxygen atoms in total. The fourth-order valence-electron chi connectivity index (χ4n) is 3.33. The highest BCUT2D eigenvalue weighted by atomic mass is 16.3. The van der Waals surface area contributed by atoms with Gasteiger partial charge in [0.05, 0.1) is 12.3 Å². The average molecular weight is 285 g/mol. The van der Waals surface area contributed by atoms with Crippen LogP contribution >= 0.6 is 0 Å². The van der Waals surface area contributed by atoms with E-state index in [4.69, 9.17) is 0 Å². The van der Waals surface area contributed by atoms with Gasteiger partial charge in [-0.05, 0) is 19.8 Å². The van der Waals surface area contributed by atoms with E-state index in [1.165, 1.54) is 19.3 Å². The van der Waals surface area contributed by atoms with E-state index < -0.39 is 0 Å². The lowest BCUT2D eigenvalue weighted by molar-refractivity contribution is 0.0943. The van der Waals surface area contributed by atoms with Crippen molar-refractivity contribution in [2.24, 2.45) is 5.41 Å². The highest BCUT2D eigenvalue weighted by Gasteiger charge is 2.31. The lowest BCUT2D eigenvalue weighted by Gasteiger charge is -2.35. The van der Waals surface area contributed by atoms with Gasteiger partial charge in [-0.1, -0.05) is 43.5 Å². The molecule has 0 spiro atoms. The summed E-state index contributed by atoms with van der Waals surface area (Å²) in [6.45, 7) is 3.00. The van der Waals surface area contributed by atoms with Crippen LogP contribution in [0.25, 0.3) is 10.8 Å². The van der Waals surface area contributed by atoms with Crippen LogP contribution in [0.3, 0.4) is 0 Å². The number of benzene rings is 1. The van der Waals surface area contributed by atoms with Crippen molar-refractivity contribution in [3.63, 3.8) is 0 Å². The van der Waals surface area contributed by atoms with Gasteiger partial charge in [0.25, 0.3) is 0 Å². The topological polar surface area (TPSA) is 58.0 Å². The SMILES string of the molecule is Cc1nnc(NCC2(CO)CCCCC2)c2ccccc12. The summed E-state index contributed by atoms with van der Waals surface area (Å²) in [5.41, 5.74) is 0.956. The smallest absolute Gasteiger partial charge is 0.156 e. The van der Waals surface area contributed by atoms with Crippen LogP contribution in [0, 0.1) is 12.3 Å². The number of aliphatic hydroxyl groups excluding tert-OH is 1. The molecule has 1 heterocycles. The van der Waals surface area contributed by atoms with Crippen molar-refractivity contribution in [2.45, 2.75) is 39.0 Å². The second-order valence-electron chi connectivity index (χ2n) is 6.25. The first-order chi connectivity index (χ1) is 10.2. The Morgan fingerprint density at radius 3 is 2.52 bits per heavy atom. The number of nitrogens with zero attached hydrogens (tertiary/aromatic N) is 2. The third kappa shape index (κ3) is 2.86. The van der Waals surface area contributed by atoms with Crippen LogP contribution in [0.1, 0.15) is 37.8 Å². The molecule has 1 aromatic carbocycles. The summed E-state index contributed by atoms with van der Waals surface area (Å²) < 4.78 is 0. The second-order valence-corrected chi connectivity index (χ2v) is 6.25. The van der Waals surface area contributed by atoms with Crippen molar-refractivity contribution in [1.29, 1.82) is 0 Å². The number of aromatic nitrogens is 2. The Hall–Kier alpha value is -1.68. The van der Waals surface area contributed by atoms with E-state index in [-0.39, 0.29) is 12.0 Å². The highest BCUT2D eigenvalue weighted by Crippen LogP contribution is 2.36. The number of nitrogens with one attached hydrogen (secondary N) is 1. The van der Waals surface area contributed by atoms with Crippen molar-refractivity contribution in [1.82, 2.24) is 10.2 Å². The summed E-state index contributed by atoms with van der Waals surface area (Å²) in [6.07, 6.45) is 5.89. The molecule has 0 atom stereocenters. The quantitative estimate of drug-likeness (QED) is 0.905. The Labute approximate surface area is 125 Å². The lowest BCUT2D eigenvalue weighted by atomic mass is 9.74. The molecule has 1 aliphatic rings. The third-order valence-corrected chi connectivity index (χ3v) is 4.75. The Morgan fingerprint density at radius 1 is 1.10 bits per heavy atom. The van der Waals surface area contributed by atoms with Gasteiger partial charge in [0, 0.05) is 22.7 Å². The highest BCUT2D eigenvalue weighted by molar-refractivity contribution is 5.92. The van der Waals surface area contributed by atoms with E-state index in [9.17, 15) is 5.11 Å². The summed E-state index contributed by atoms with van der Waals surface area (Å²) in [6, 6.07) is 8.20. The first kappa shape index (κ1) is 14.3. The van der Waals surface area contributed by atoms with E-state index >= 15 is 0 Å². The second kappa shape index (κ2) is 5.98. The monoisotopic (exact) mass is 285 g/mol. The standard InChI is InChI=1S/C17H23N3O/c1-13-14-7-3-4-8-15(14)16(20-19-13)18-11-17(12-21)9-5-2-6-10-17/h3-4,7-8,21H,2,5-6,9-12H2,1H3,(H,18,20). The molecule has 0 radical (unpaired) electrons. The molecule has 3 rings (SSSR count). The van der Waals surface area contributed by atoms with Crippen LogP contribution in [0.4, 0.5) is 5.82 Å². The van der Waals surface area contributed by atoms with Gasteiger partial charge in [-0.2, -0.15) is 5.10 Å². The van der Waals surface area contributed by atoms with Gasteiger partial charge in [0.1, 0.15) is 0 Å². The maximum Gasteiger partial charge on any atom is 0.156 e. The molecule has 4 heteroatoms. The molecule has 2 aromatic rings. The summed E-state index contributed by atoms with van der Waals surface area (Å²) in [7, 11) is 0. The molecule has 112 valence electrons. The van der Waals surface area contributed by atoms with Crippen LogP contribution < -0.4 is 5.32 Å². The predicted octanol–water partition coefficient (Wildman–Crippen LogP) is 3.29. The molecular formula is C17H23N3O. The molecule has 1 aromatic heterocycles. The van der Waals surface area contributed by atoms with Gasteiger partial charge in [-0.15, -0.1) is 5.10 Å². The van der Waals surface area contributed by atoms with Crippen LogP contribution in [0.15, 0.2) is 24.3 Å². The summed E-state index contributed by atoms with van der Waals surface area (Å²) in [4.78, 5) is 0. The Kier molecular flexibility index (Phi) is 4.06. The minimum atomic E-state index is 0.00587. The fraction of sp³-hybridized carbons (Fsp3) is 0.529. The largest absolute Gasteiger partial charge is 0.396 e. The molecule has 1 saturated carbocycles. The van der Waals surface area contributed by atoms with Gasteiger partial charge in [0.15, 0.2) is 5.82 Å². The number of hydrogen-bond acceptors (Lipinski definition) is 4. The van der Waals surface area contributed by atoms with Gasteiger partial charge < -0.3 is 10.4 Å². The summed E-state index contributed by atoms with van der Waals surface area (Å²) in [5.74, 6) is 0.828. The zero-order valence-electron chi connectivity index (χ0n) is 12.6. The van der Waals surface area contributed by atoms with Crippen molar-refractivity contribution in [2.75, 3.05) is 18.5 Å². The van der Waals surface area contributed by atoms with Gasteiger partial charge in [-0.25, -0.2) is 0 Å². The van der Waals surface area contributed by atoms with E-state index in [1.54, 1.807) is 0 Å². The fourth-order valence-corrected chi connectivity index (χ4v) is 3.33. The molecule has 0 bridgehead atoms. The van der Waals surface area contributed by atoms with Gasteiger partial charge in [-0.3, -0.25) is 0 Å². The average Bonchev–Trinajstić information content (AvgIpc) is 2.55. The van der Waals surface area contributed by atoms with Crippen LogP contribution in [-0.4, -0.2) is 28.5 Å². The maximum absolute atomic E-state index is 9.80. The molecule has 1 fully saturated rings. The molecule has 0 aliphatic heterocycles. The third-order valence-electron chi connectivity index (χ3n) is 4.75. The molecule has 0 unspecified atom stereocenters.